The second-order valence-electron chi connectivity index (χ2n) is 14.4. The number of carbonyl (C=O) groups is 1. The SMILES string of the molecule is CCOC(=O)C[C@@]12C=C[C@H]([C@H](C)CCCC(C)C)[C@@]1(C)CCC1=C2CCC2C(C)(C)[C@@H](O)CC[C@]12C. The number of carbonyl (C=O) groups excluding carboxylic acids is 1. The average Bonchev–Trinajstić information content (AvgIpc) is 3.09. The van der Waals surface area contributed by atoms with Gasteiger partial charge in [0.1, 0.15) is 0 Å². The molecule has 0 aromatic heterocycles. The van der Waals surface area contributed by atoms with E-state index in [1.807, 2.05) is 6.92 Å². The van der Waals surface area contributed by atoms with Gasteiger partial charge in [0.2, 0.25) is 0 Å². The Hall–Kier alpha value is -1.09. The monoisotopic (exact) mass is 498 g/mol. The van der Waals surface area contributed by atoms with Crippen molar-refractivity contribution in [2.75, 3.05) is 6.61 Å². The Bertz CT molecular complexity index is 897. The number of fused-ring (bicyclic) bond motifs is 4. The van der Waals surface area contributed by atoms with E-state index in [2.05, 4.69) is 60.6 Å². The standard InChI is InChI=1S/C33H54O3/c1-9-36-29(35)21-33-20-16-24(23(4)12-10-11-22(2)3)32(33,8)19-15-25-26(33)13-14-27-30(5,6)28(34)17-18-31(25,27)7/h16,20,22-24,27-28,34H,9-15,17-19,21H2,1-8H3/t23-,24-,27?,28+,31-,32-,33-/m1/s1. The van der Waals surface area contributed by atoms with E-state index in [1.54, 1.807) is 11.1 Å². The summed E-state index contributed by atoms with van der Waals surface area (Å²) in [5, 5.41) is 10.9. The van der Waals surface area contributed by atoms with Crippen LogP contribution in [0.3, 0.4) is 0 Å². The van der Waals surface area contributed by atoms with Crippen molar-refractivity contribution >= 4 is 5.97 Å². The van der Waals surface area contributed by atoms with Crippen molar-refractivity contribution in [3.05, 3.63) is 23.3 Å². The summed E-state index contributed by atoms with van der Waals surface area (Å²) in [5.74, 6) is 2.33. The maximum absolute atomic E-state index is 13.2. The highest BCUT2D eigenvalue weighted by Gasteiger charge is 2.64. The van der Waals surface area contributed by atoms with Crippen LogP contribution in [0.15, 0.2) is 23.3 Å². The van der Waals surface area contributed by atoms with Crippen LogP contribution in [-0.2, 0) is 9.53 Å². The van der Waals surface area contributed by atoms with Crippen molar-refractivity contribution in [2.45, 2.75) is 126 Å². The van der Waals surface area contributed by atoms with Crippen LogP contribution in [0.2, 0.25) is 0 Å². The van der Waals surface area contributed by atoms with E-state index in [9.17, 15) is 9.90 Å². The second kappa shape index (κ2) is 9.90. The Labute approximate surface area is 221 Å². The second-order valence-corrected chi connectivity index (χ2v) is 14.4. The van der Waals surface area contributed by atoms with Crippen molar-refractivity contribution in [3.63, 3.8) is 0 Å². The van der Waals surface area contributed by atoms with E-state index in [0.29, 0.717) is 30.8 Å². The Morgan fingerprint density at radius 2 is 1.78 bits per heavy atom. The molecule has 0 saturated heterocycles. The summed E-state index contributed by atoms with van der Waals surface area (Å²) in [7, 11) is 0. The Balaban J connectivity index is 1.75. The van der Waals surface area contributed by atoms with Crippen LogP contribution in [0.4, 0.5) is 0 Å². The van der Waals surface area contributed by atoms with E-state index in [1.165, 1.54) is 19.3 Å². The molecule has 0 aromatic carbocycles. The Kier molecular flexibility index (Phi) is 7.68. The molecule has 4 aliphatic rings. The van der Waals surface area contributed by atoms with Gasteiger partial charge in [-0.25, -0.2) is 0 Å². The van der Waals surface area contributed by atoms with Crippen LogP contribution in [-0.4, -0.2) is 23.8 Å². The van der Waals surface area contributed by atoms with Crippen LogP contribution in [0.25, 0.3) is 0 Å². The first-order valence-electron chi connectivity index (χ1n) is 15.1. The largest absolute Gasteiger partial charge is 0.466 e. The van der Waals surface area contributed by atoms with Crippen LogP contribution < -0.4 is 0 Å². The van der Waals surface area contributed by atoms with Gasteiger partial charge in [-0.2, -0.15) is 0 Å². The fourth-order valence-corrected chi connectivity index (χ4v) is 9.64. The quantitative estimate of drug-likeness (QED) is 0.270. The van der Waals surface area contributed by atoms with E-state index in [0.717, 1.165) is 44.4 Å². The molecular weight excluding hydrogens is 444 g/mol. The third-order valence-corrected chi connectivity index (χ3v) is 11.8. The summed E-state index contributed by atoms with van der Waals surface area (Å²) in [5.41, 5.74) is 3.09. The van der Waals surface area contributed by atoms with Crippen molar-refractivity contribution < 1.29 is 14.6 Å². The highest BCUT2D eigenvalue weighted by atomic mass is 16.5. The number of aliphatic hydroxyl groups excluding tert-OH is 1. The van der Waals surface area contributed by atoms with Crippen LogP contribution >= 0.6 is 0 Å². The minimum atomic E-state index is -0.224. The lowest BCUT2D eigenvalue weighted by Gasteiger charge is -2.62. The van der Waals surface area contributed by atoms with Crippen molar-refractivity contribution in [3.8, 4) is 0 Å². The summed E-state index contributed by atoms with van der Waals surface area (Å²) >= 11 is 0. The summed E-state index contributed by atoms with van der Waals surface area (Å²) < 4.78 is 5.61. The molecular formula is C33H54O3. The summed E-state index contributed by atoms with van der Waals surface area (Å²) in [4.78, 5) is 13.2. The first-order valence-corrected chi connectivity index (χ1v) is 15.1. The van der Waals surface area contributed by atoms with Gasteiger partial charge in [0, 0.05) is 5.41 Å². The van der Waals surface area contributed by atoms with E-state index in [-0.39, 0.29) is 33.7 Å². The number of ether oxygens (including phenoxy) is 1. The molecule has 0 spiro atoms. The average molecular weight is 499 g/mol. The number of hydrogen-bond donors (Lipinski definition) is 1. The minimum absolute atomic E-state index is 0.0399. The zero-order valence-corrected chi connectivity index (χ0v) is 24.6. The molecule has 0 aromatic rings. The molecule has 1 fully saturated rings. The predicted octanol–water partition coefficient (Wildman–Crippen LogP) is 8.27. The predicted molar refractivity (Wildman–Crippen MR) is 148 cm³/mol. The number of allylic oxidation sites excluding steroid dienone is 4. The number of hydrogen-bond acceptors (Lipinski definition) is 3. The number of esters is 1. The first kappa shape index (κ1) is 27.9. The lowest BCUT2D eigenvalue weighted by molar-refractivity contribution is -0.147. The third kappa shape index (κ3) is 4.24. The van der Waals surface area contributed by atoms with Crippen LogP contribution in [0.1, 0.15) is 120 Å². The molecule has 3 heteroatoms. The summed E-state index contributed by atoms with van der Waals surface area (Å²) in [6, 6.07) is 0. The van der Waals surface area contributed by atoms with E-state index >= 15 is 0 Å². The van der Waals surface area contributed by atoms with Gasteiger partial charge >= 0.3 is 5.97 Å². The smallest absolute Gasteiger partial charge is 0.307 e. The molecule has 0 bridgehead atoms. The Morgan fingerprint density at radius 1 is 1.06 bits per heavy atom. The van der Waals surface area contributed by atoms with E-state index in [4.69, 9.17) is 4.74 Å². The van der Waals surface area contributed by atoms with Crippen molar-refractivity contribution in [2.24, 2.45) is 45.3 Å². The normalized spacial score (nSPS) is 40.0. The molecule has 0 aliphatic heterocycles. The summed E-state index contributed by atoms with van der Waals surface area (Å²) in [6.07, 6.45) is 15.5. The van der Waals surface area contributed by atoms with Crippen LogP contribution in [0.5, 0.6) is 0 Å². The molecule has 1 N–H and O–H groups in total. The molecule has 7 atom stereocenters. The lowest BCUT2D eigenvalue weighted by atomic mass is 9.42. The maximum Gasteiger partial charge on any atom is 0.307 e. The Morgan fingerprint density at radius 3 is 2.44 bits per heavy atom. The molecule has 3 nitrogen and oxygen atoms in total. The van der Waals surface area contributed by atoms with Gasteiger partial charge in [-0.05, 0) is 85.4 Å². The molecule has 36 heavy (non-hydrogen) atoms. The van der Waals surface area contributed by atoms with E-state index < -0.39 is 0 Å². The van der Waals surface area contributed by atoms with Crippen molar-refractivity contribution in [1.29, 1.82) is 0 Å². The molecule has 4 rings (SSSR count). The van der Waals surface area contributed by atoms with Gasteiger partial charge in [0.25, 0.3) is 0 Å². The first-order chi connectivity index (χ1) is 16.8. The lowest BCUT2D eigenvalue weighted by Crippen LogP contribution is -2.56. The van der Waals surface area contributed by atoms with Crippen molar-refractivity contribution in [1.82, 2.24) is 0 Å². The van der Waals surface area contributed by atoms with Gasteiger partial charge in [-0.3, -0.25) is 4.79 Å². The van der Waals surface area contributed by atoms with Gasteiger partial charge in [0.15, 0.2) is 0 Å². The fraction of sp³-hybridized carbons (Fsp3) is 0.848. The summed E-state index contributed by atoms with van der Waals surface area (Å²) in [6.45, 7) is 19.0. The molecule has 1 unspecified atom stereocenters. The molecule has 204 valence electrons. The van der Waals surface area contributed by atoms with Crippen LogP contribution in [0, 0.1) is 45.3 Å². The minimum Gasteiger partial charge on any atom is -0.466 e. The third-order valence-electron chi connectivity index (χ3n) is 11.8. The van der Waals surface area contributed by atoms with Gasteiger partial charge < -0.3 is 9.84 Å². The maximum atomic E-state index is 13.2. The van der Waals surface area contributed by atoms with Gasteiger partial charge in [-0.15, -0.1) is 0 Å². The zero-order valence-electron chi connectivity index (χ0n) is 24.6. The highest BCUT2D eigenvalue weighted by Crippen LogP contribution is 2.71. The van der Waals surface area contributed by atoms with Gasteiger partial charge in [-0.1, -0.05) is 91.0 Å². The molecule has 0 radical (unpaired) electrons. The molecule has 4 aliphatic carbocycles. The fourth-order valence-electron chi connectivity index (χ4n) is 9.64. The topological polar surface area (TPSA) is 46.5 Å². The number of aliphatic hydroxyl groups is 1. The molecule has 0 amide bonds. The van der Waals surface area contributed by atoms with Gasteiger partial charge in [0.05, 0.1) is 19.1 Å². The molecule has 0 heterocycles. The highest BCUT2D eigenvalue weighted by molar-refractivity contribution is 5.72. The number of rotatable bonds is 8. The zero-order chi connectivity index (χ0) is 26.5. The molecule has 1 saturated carbocycles.